The van der Waals surface area contributed by atoms with Crippen LogP contribution in [0, 0.1) is 0 Å². The molecule has 0 saturated carbocycles. The van der Waals surface area contributed by atoms with Crippen LogP contribution in [-0.4, -0.2) is 22.6 Å². The largest absolute Gasteiger partial charge is 0.490 e. The van der Waals surface area contributed by atoms with Crippen LogP contribution in [0.2, 0.25) is 0 Å². The SMILES string of the molecule is CCOc1cc(CC(C)N)ccc1OCc1ncccn1. The summed E-state index contributed by atoms with van der Waals surface area (Å²) in [6, 6.07) is 7.79. The van der Waals surface area contributed by atoms with Crippen molar-refractivity contribution in [1.82, 2.24) is 9.97 Å². The van der Waals surface area contributed by atoms with E-state index in [0.29, 0.717) is 24.8 Å². The van der Waals surface area contributed by atoms with Gasteiger partial charge in [-0.15, -0.1) is 0 Å². The van der Waals surface area contributed by atoms with Crippen molar-refractivity contribution in [3.8, 4) is 11.5 Å². The molecule has 2 aromatic rings. The van der Waals surface area contributed by atoms with Gasteiger partial charge < -0.3 is 15.2 Å². The van der Waals surface area contributed by atoms with E-state index in [4.69, 9.17) is 15.2 Å². The van der Waals surface area contributed by atoms with Gasteiger partial charge in [-0.2, -0.15) is 0 Å². The first-order valence-corrected chi connectivity index (χ1v) is 7.09. The van der Waals surface area contributed by atoms with Gasteiger partial charge in [-0.3, -0.25) is 0 Å². The van der Waals surface area contributed by atoms with Gasteiger partial charge >= 0.3 is 0 Å². The summed E-state index contributed by atoms with van der Waals surface area (Å²) in [5.41, 5.74) is 6.97. The van der Waals surface area contributed by atoms with Crippen molar-refractivity contribution in [2.24, 2.45) is 5.73 Å². The molecule has 0 saturated heterocycles. The van der Waals surface area contributed by atoms with Crippen LogP contribution in [0.4, 0.5) is 0 Å². The Morgan fingerprint density at radius 2 is 1.90 bits per heavy atom. The van der Waals surface area contributed by atoms with E-state index in [0.717, 1.165) is 17.7 Å². The number of rotatable bonds is 7. The van der Waals surface area contributed by atoms with Crippen LogP contribution in [0.3, 0.4) is 0 Å². The summed E-state index contributed by atoms with van der Waals surface area (Å²) in [7, 11) is 0. The van der Waals surface area contributed by atoms with E-state index in [2.05, 4.69) is 9.97 Å². The van der Waals surface area contributed by atoms with Crippen molar-refractivity contribution in [2.45, 2.75) is 32.9 Å². The van der Waals surface area contributed by atoms with Gasteiger partial charge in [-0.25, -0.2) is 9.97 Å². The molecule has 1 aromatic carbocycles. The molecule has 0 fully saturated rings. The van der Waals surface area contributed by atoms with Crippen LogP contribution in [0.15, 0.2) is 36.7 Å². The Hall–Kier alpha value is -2.14. The highest BCUT2D eigenvalue weighted by atomic mass is 16.5. The molecule has 5 heteroatoms. The van der Waals surface area contributed by atoms with Gasteiger partial charge in [0.25, 0.3) is 0 Å². The first-order chi connectivity index (χ1) is 10.2. The third-order valence-electron chi connectivity index (χ3n) is 2.84. The lowest BCUT2D eigenvalue weighted by Crippen LogP contribution is -2.17. The lowest BCUT2D eigenvalue weighted by atomic mass is 10.1. The maximum Gasteiger partial charge on any atom is 0.166 e. The molecular formula is C16H21N3O2. The van der Waals surface area contributed by atoms with Gasteiger partial charge in [0, 0.05) is 18.4 Å². The van der Waals surface area contributed by atoms with Crippen LogP contribution < -0.4 is 15.2 Å². The molecule has 21 heavy (non-hydrogen) atoms. The fourth-order valence-corrected chi connectivity index (χ4v) is 1.99. The van der Waals surface area contributed by atoms with Gasteiger partial charge in [-0.1, -0.05) is 6.07 Å². The van der Waals surface area contributed by atoms with Gasteiger partial charge in [0.15, 0.2) is 17.3 Å². The predicted octanol–water partition coefficient (Wildman–Crippen LogP) is 2.34. The van der Waals surface area contributed by atoms with Crippen LogP contribution in [0.25, 0.3) is 0 Å². The molecule has 1 heterocycles. The predicted molar refractivity (Wildman–Crippen MR) is 81.3 cm³/mol. The van der Waals surface area contributed by atoms with Crippen molar-refractivity contribution >= 4 is 0 Å². The van der Waals surface area contributed by atoms with Crippen molar-refractivity contribution < 1.29 is 9.47 Å². The maximum atomic E-state index is 5.83. The van der Waals surface area contributed by atoms with Gasteiger partial charge in [-0.05, 0) is 44.0 Å². The second kappa shape index (κ2) is 7.59. The van der Waals surface area contributed by atoms with Crippen molar-refractivity contribution in [3.63, 3.8) is 0 Å². The number of benzene rings is 1. The molecule has 0 spiro atoms. The molecule has 1 unspecified atom stereocenters. The zero-order valence-corrected chi connectivity index (χ0v) is 12.5. The third-order valence-corrected chi connectivity index (χ3v) is 2.84. The van der Waals surface area contributed by atoms with E-state index in [1.165, 1.54) is 0 Å². The molecule has 0 amide bonds. The molecule has 0 aliphatic rings. The summed E-state index contributed by atoms with van der Waals surface area (Å²) >= 11 is 0. The van der Waals surface area contributed by atoms with Gasteiger partial charge in [0.2, 0.25) is 0 Å². The van der Waals surface area contributed by atoms with Crippen LogP contribution >= 0.6 is 0 Å². The molecule has 0 radical (unpaired) electrons. The number of aromatic nitrogens is 2. The molecule has 5 nitrogen and oxygen atoms in total. The van der Waals surface area contributed by atoms with Gasteiger partial charge in [0.1, 0.15) is 6.61 Å². The van der Waals surface area contributed by atoms with E-state index < -0.39 is 0 Å². The zero-order chi connectivity index (χ0) is 15.1. The molecule has 0 aliphatic heterocycles. The minimum absolute atomic E-state index is 0.115. The highest BCUT2D eigenvalue weighted by Gasteiger charge is 2.08. The molecule has 112 valence electrons. The molecule has 1 atom stereocenters. The highest BCUT2D eigenvalue weighted by Crippen LogP contribution is 2.29. The topological polar surface area (TPSA) is 70.3 Å². The molecule has 0 bridgehead atoms. The van der Waals surface area contributed by atoms with E-state index in [1.807, 2.05) is 32.0 Å². The van der Waals surface area contributed by atoms with Crippen LogP contribution in [-0.2, 0) is 13.0 Å². The maximum absolute atomic E-state index is 5.83. The number of nitrogens with zero attached hydrogens (tertiary/aromatic N) is 2. The second-order valence-electron chi connectivity index (χ2n) is 4.85. The average molecular weight is 287 g/mol. The molecular weight excluding hydrogens is 266 g/mol. The number of hydrogen-bond donors (Lipinski definition) is 1. The smallest absolute Gasteiger partial charge is 0.166 e. The van der Waals surface area contributed by atoms with Crippen molar-refractivity contribution in [1.29, 1.82) is 0 Å². The number of hydrogen-bond acceptors (Lipinski definition) is 5. The molecule has 0 aliphatic carbocycles. The first-order valence-electron chi connectivity index (χ1n) is 7.09. The normalized spacial score (nSPS) is 12.0. The lowest BCUT2D eigenvalue weighted by molar-refractivity contribution is 0.263. The summed E-state index contributed by atoms with van der Waals surface area (Å²) in [5, 5.41) is 0. The van der Waals surface area contributed by atoms with Crippen molar-refractivity contribution in [2.75, 3.05) is 6.61 Å². The Morgan fingerprint density at radius 3 is 2.57 bits per heavy atom. The quantitative estimate of drug-likeness (QED) is 0.846. The second-order valence-corrected chi connectivity index (χ2v) is 4.85. The summed E-state index contributed by atoms with van der Waals surface area (Å²) in [4.78, 5) is 8.27. The fraction of sp³-hybridized carbons (Fsp3) is 0.375. The van der Waals surface area contributed by atoms with Crippen LogP contribution in [0.1, 0.15) is 25.2 Å². The van der Waals surface area contributed by atoms with E-state index in [-0.39, 0.29) is 6.04 Å². The minimum Gasteiger partial charge on any atom is -0.490 e. The van der Waals surface area contributed by atoms with Crippen LogP contribution in [0.5, 0.6) is 11.5 Å². The fourth-order valence-electron chi connectivity index (χ4n) is 1.99. The van der Waals surface area contributed by atoms with E-state index in [9.17, 15) is 0 Å². The lowest BCUT2D eigenvalue weighted by Gasteiger charge is -2.13. The number of nitrogens with two attached hydrogens (primary N) is 1. The monoisotopic (exact) mass is 287 g/mol. The highest BCUT2D eigenvalue weighted by molar-refractivity contribution is 5.43. The third kappa shape index (κ3) is 4.72. The average Bonchev–Trinajstić information content (AvgIpc) is 2.47. The Morgan fingerprint density at radius 1 is 1.14 bits per heavy atom. The molecule has 2 rings (SSSR count). The summed E-state index contributed by atoms with van der Waals surface area (Å²) < 4.78 is 11.4. The Bertz CT molecular complexity index is 559. The Kier molecular flexibility index (Phi) is 5.51. The first kappa shape index (κ1) is 15.3. The summed E-state index contributed by atoms with van der Waals surface area (Å²) in [6.07, 6.45) is 4.20. The minimum atomic E-state index is 0.115. The molecule has 1 aromatic heterocycles. The van der Waals surface area contributed by atoms with Crippen molar-refractivity contribution in [3.05, 3.63) is 48.0 Å². The molecule has 2 N–H and O–H groups in total. The van der Waals surface area contributed by atoms with E-state index >= 15 is 0 Å². The van der Waals surface area contributed by atoms with Gasteiger partial charge in [0.05, 0.1) is 6.61 Å². The zero-order valence-electron chi connectivity index (χ0n) is 12.5. The Labute approximate surface area is 125 Å². The number of ether oxygens (including phenoxy) is 2. The summed E-state index contributed by atoms with van der Waals surface area (Å²) in [5.74, 6) is 2.06. The standard InChI is InChI=1S/C16H21N3O2/c1-3-20-15-10-13(9-12(2)17)5-6-14(15)21-11-16-18-7-4-8-19-16/h4-8,10,12H,3,9,11,17H2,1-2H3. The van der Waals surface area contributed by atoms with E-state index in [1.54, 1.807) is 18.5 Å². The summed E-state index contributed by atoms with van der Waals surface area (Å²) in [6.45, 7) is 4.83. The Balaban J connectivity index is 2.10.